The zero-order valence-electron chi connectivity index (χ0n) is 34.6. The number of carbonyl (C=O) groups is 2. The molecule has 0 saturated carbocycles. The van der Waals surface area contributed by atoms with E-state index in [1.54, 1.807) is 32.0 Å². The molecule has 0 spiro atoms. The average Bonchev–Trinajstić information content (AvgIpc) is 3.22. The molecule has 2 bridgehead atoms. The number of ether oxygens (including phenoxy) is 4. The highest BCUT2D eigenvalue weighted by atomic mass is 16.6. The smallest absolute Gasteiger partial charge is 0.339 e. The number of aliphatic hydroxyl groups excluding tert-OH is 1. The normalized spacial score (nSPS) is 22.6. The van der Waals surface area contributed by atoms with Crippen LogP contribution in [0.5, 0.6) is 5.75 Å². The predicted octanol–water partition coefficient (Wildman–Crippen LogP) is 9.38. The Labute approximate surface area is 350 Å². The van der Waals surface area contributed by atoms with Crippen LogP contribution in [-0.2, 0) is 43.1 Å². The van der Waals surface area contributed by atoms with Gasteiger partial charge < -0.3 is 28.5 Å². The lowest BCUT2D eigenvalue weighted by atomic mass is 9.72. The standard InChI is InChI=1S/C51H52O9/c1-31(2)41-20-15-32-13-16-35(17-14-32)42-21-18-37(36-12-8-11-34(26-36)25-33-9-6-5-7-10-33)27-40(42)29-44(53)57-47-45-43(60-51(3,4)48(47)59-50(41)55)22-19-38-28-39(23-24-56-30-52)49(54)58-46(38)45/h5-14,16-19,21-22,26,28,37,40,42,47-48,52H,15,20,23-25,27,29-30H2,1-4H3/t37-,40+,42+,47-,48+/m1/s1. The van der Waals surface area contributed by atoms with Gasteiger partial charge in [0.1, 0.15) is 23.7 Å². The molecule has 9 nitrogen and oxygen atoms in total. The number of benzene rings is 4. The van der Waals surface area contributed by atoms with Crippen LogP contribution < -0.4 is 10.4 Å². The van der Waals surface area contributed by atoms with Crippen LogP contribution in [0.2, 0.25) is 0 Å². The van der Waals surface area contributed by atoms with Crippen molar-refractivity contribution in [2.75, 3.05) is 13.4 Å². The van der Waals surface area contributed by atoms with Gasteiger partial charge in [-0.1, -0.05) is 96.6 Å². The summed E-state index contributed by atoms with van der Waals surface area (Å²) in [5.41, 5.74) is 6.37. The highest BCUT2D eigenvalue weighted by Crippen LogP contribution is 2.48. The minimum atomic E-state index is -1.16. The Kier molecular flexibility index (Phi) is 11.9. The molecule has 0 saturated heterocycles. The fourth-order valence-corrected chi connectivity index (χ4v) is 9.08. The Morgan fingerprint density at radius 2 is 1.62 bits per heavy atom. The SMILES string of the molecule is CC(C)=C1CCc2ccc(cc2)[C@@H]2C=C[C@@H](c3cccc(Cc4ccccc4)c3)C[C@H]2CC(=O)O[C@@H]2c3c(ccc4cc(CCOCO)c(=O)oc34)OC(C)(C)[C@H]2OC1=O. The number of carbonyl (C=O) groups excluding carboxylic acids is 2. The molecule has 5 aromatic rings. The highest BCUT2D eigenvalue weighted by Gasteiger charge is 2.51. The Morgan fingerprint density at radius 3 is 2.38 bits per heavy atom. The Morgan fingerprint density at radius 1 is 0.833 bits per heavy atom. The topological polar surface area (TPSA) is 122 Å². The largest absolute Gasteiger partial charge is 0.483 e. The lowest BCUT2D eigenvalue weighted by Crippen LogP contribution is -2.52. The van der Waals surface area contributed by atoms with Gasteiger partial charge in [-0.15, -0.1) is 0 Å². The molecule has 0 amide bonds. The van der Waals surface area contributed by atoms with Crippen LogP contribution in [0, 0.1) is 5.92 Å². The van der Waals surface area contributed by atoms with Gasteiger partial charge in [-0.2, -0.15) is 0 Å². The maximum absolute atomic E-state index is 14.7. The Bertz CT molecular complexity index is 2490. The Balaban J connectivity index is 1.19. The third-order valence-corrected chi connectivity index (χ3v) is 12.2. The number of hydrogen-bond acceptors (Lipinski definition) is 9. The molecule has 1 aliphatic carbocycles. The molecule has 9 heteroatoms. The maximum atomic E-state index is 14.7. The predicted molar refractivity (Wildman–Crippen MR) is 229 cm³/mol. The second kappa shape index (κ2) is 17.4. The van der Waals surface area contributed by atoms with E-state index in [0.29, 0.717) is 47.1 Å². The minimum absolute atomic E-state index is 0.0456. The fraction of sp³-hybridized carbons (Fsp3) is 0.353. The van der Waals surface area contributed by atoms with Crippen LogP contribution in [0.15, 0.2) is 130 Å². The van der Waals surface area contributed by atoms with E-state index in [4.69, 9.17) is 28.5 Å². The highest BCUT2D eigenvalue weighted by molar-refractivity contribution is 5.90. The first-order valence-electron chi connectivity index (χ1n) is 20.9. The third kappa shape index (κ3) is 8.74. The molecule has 310 valence electrons. The molecule has 0 radical (unpaired) electrons. The van der Waals surface area contributed by atoms with E-state index in [1.807, 2.05) is 19.9 Å². The van der Waals surface area contributed by atoms with Crippen molar-refractivity contribution in [2.24, 2.45) is 5.92 Å². The number of hydrogen-bond donors (Lipinski definition) is 1. The van der Waals surface area contributed by atoms with Crippen molar-refractivity contribution in [3.8, 4) is 5.75 Å². The van der Waals surface area contributed by atoms with Crippen molar-refractivity contribution in [1.82, 2.24) is 0 Å². The second-order valence-corrected chi connectivity index (χ2v) is 17.0. The van der Waals surface area contributed by atoms with Crippen LogP contribution in [0.25, 0.3) is 11.0 Å². The summed E-state index contributed by atoms with van der Waals surface area (Å²) in [5, 5.41) is 9.69. The maximum Gasteiger partial charge on any atom is 0.339 e. The van der Waals surface area contributed by atoms with Crippen molar-refractivity contribution in [1.29, 1.82) is 0 Å². The van der Waals surface area contributed by atoms with Crippen LogP contribution in [0.3, 0.4) is 0 Å². The molecule has 0 fully saturated rings. The van der Waals surface area contributed by atoms with Crippen molar-refractivity contribution < 1.29 is 38.1 Å². The number of aryl methyl sites for hydroxylation is 1. The molecule has 60 heavy (non-hydrogen) atoms. The summed E-state index contributed by atoms with van der Waals surface area (Å²) in [6.07, 6.45) is 5.21. The van der Waals surface area contributed by atoms with E-state index in [0.717, 1.165) is 23.1 Å². The summed E-state index contributed by atoms with van der Waals surface area (Å²) in [7, 11) is 0. The van der Waals surface area contributed by atoms with Crippen molar-refractivity contribution in [3.63, 3.8) is 0 Å². The summed E-state index contributed by atoms with van der Waals surface area (Å²) in [6.45, 7) is 7.05. The summed E-state index contributed by atoms with van der Waals surface area (Å²) >= 11 is 0. The van der Waals surface area contributed by atoms with Crippen LogP contribution in [-0.4, -0.2) is 42.1 Å². The van der Waals surface area contributed by atoms with Crippen LogP contribution in [0.4, 0.5) is 0 Å². The first kappa shape index (κ1) is 41.0. The number of allylic oxidation sites excluding steroid dienone is 3. The molecular formula is C51H52O9. The van der Waals surface area contributed by atoms with Crippen molar-refractivity contribution >= 4 is 22.9 Å². The number of rotatable bonds is 7. The zero-order chi connectivity index (χ0) is 42.0. The fourth-order valence-electron chi connectivity index (χ4n) is 9.08. The first-order valence-corrected chi connectivity index (χ1v) is 20.9. The molecule has 4 aromatic carbocycles. The monoisotopic (exact) mass is 808 g/mol. The third-order valence-electron chi connectivity index (χ3n) is 12.2. The van der Waals surface area contributed by atoms with E-state index in [-0.39, 0.29) is 42.8 Å². The van der Waals surface area contributed by atoms with E-state index in [9.17, 15) is 14.4 Å². The molecule has 1 N–H and O–H groups in total. The van der Waals surface area contributed by atoms with Gasteiger partial charge in [0, 0.05) is 41.2 Å². The number of esters is 2. The molecule has 0 unspecified atom stereocenters. The first-order chi connectivity index (χ1) is 29.0. The average molecular weight is 809 g/mol. The molecule has 3 aliphatic heterocycles. The van der Waals surface area contributed by atoms with Gasteiger partial charge in [0.15, 0.2) is 12.2 Å². The van der Waals surface area contributed by atoms with E-state index in [1.165, 1.54) is 16.7 Å². The molecule has 5 atom stereocenters. The zero-order valence-corrected chi connectivity index (χ0v) is 34.6. The molecule has 4 aliphatic rings. The van der Waals surface area contributed by atoms with E-state index >= 15 is 0 Å². The second-order valence-electron chi connectivity index (χ2n) is 17.0. The lowest BCUT2D eigenvalue weighted by molar-refractivity contribution is -0.188. The molecule has 9 rings (SSSR count). The van der Waals surface area contributed by atoms with Crippen LogP contribution >= 0.6 is 0 Å². The molecule has 1 aromatic heterocycles. The Hall–Kier alpha value is -5.77. The van der Waals surface area contributed by atoms with Gasteiger partial charge in [-0.25, -0.2) is 9.59 Å². The summed E-state index contributed by atoms with van der Waals surface area (Å²) in [4.78, 5) is 42.3. The van der Waals surface area contributed by atoms with Gasteiger partial charge in [-0.05, 0) is 105 Å². The quantitative estimate of drug-likeness (QED) is 0.0428. The van der Waals surface area contributed by atoms with E-state index < -0.39 is 42.2 Å². The van der Waals surface area contributed by atoms with Gasteiger partial charge in [0.25, 0.3) is 0 Å². The molecular weight excluding hydrogens is 757 g/mol. The van der Waals surface area contributed by atoms with Gasteiger partial charge in [0.05, 0.1) is 12.2 Å². The van der Waals surface area contributed by atoms with E-state index in [2.05, 4.69) is 84.9 Å². The minimum Gasteiger partial charge on any atom is -0.483 e. The van der Waals surface area contributed by atoms with Crippen molar-refractivity contribution in [2.45, 2.75) is 95.9 Å². The van der Waals surface area contributed by atoms with Crippen molar-refractivity contribution in [3.05, 3.63) is 170 Å². The summed E-state index contributed by atoms with van der Waals surface area (Å²) < 4.78 is 30.6. The van der Waals surface area contributed by atoms with Gasteiger partial charge in [0.2, 0.25) is 0 Å². The van der Waals surface area contributed by atoms with Gasteiger partial charge in [-0.3, -0.25) is 4.79 Å². The summed E-state index contributed by atoms with van der Waals surface area (Å²) in [5.74, 6) is -0.710. The van der Waals surface area contributed by atoms with Gasteiger partial charge >= 0.3 is 17.6 Å². The molecule has 4 heterocycles. The number of aliphatic hydroxyl groups is 1. The summed E-state index contributed by atoms with van der Waals surface area (Å²) in [6, 6.07) is 32.9. The van der Waals surface area contributed by atoms with Crippen LogP contribution in [0.1, 0.15) is 104 Å². The number of fused-ring (bicyclic) bond motifs is 11. The lowest BCUT2D eigenvalue weighted by Gasteiger charge is -2.43.